The fraction of sp³-hybridized carbons (Fsp3) is 0.150. The largest absolute Gasteiger partial charge is 0.497 e. The number of anilines is 1. The van der Waals surface area contributed by atoms with Gasteiger partial charge in [-0.05, 0) is 29.8 Å². The number of fused-ring (bicyclic) bond motifs is 1. The first-order valence-corrected chi connectivity index (χ1v) is 9.03. The minimum Gasteiger partial charge on any atom is -0.497 e. The molecule has 4 aromatic rings. The number of aryl methyl sites for hydroxylation is 1. The summed E-state index contributed by atoms with van der Waals surface area (Å²) in [5.74, 6) is 1.15. The molecule has 1 atom stereocenters. The van der Waals surface area contributed by atoms with Crippen LogP contribution in [0.2, 0.25) is 0 Å². The molecule has 0 aliphatic carbocycles. The van der Waals surface area contributed by atoms with Crippen LogP contribution in [-0.4, -0.2) is 31.0 Å². The van der Waals surface area contributed by atoms with Crippen LogP contribution in [-0.2, 0) is 7.05 Å². The summed E-state index contributed by atoms with van der Waals surface area (Å²) in [5, 5.41) is 14.8. The Morgan fingerprint density at radius 1 is 1.17 bits per heavy atom. The van der Waals surface area contributed by atoms with Gasteiger partial charge in [-0.25, -0.2) is 9.97 Å². The van der Waals surface area contributed by atoms with Crippen LogP contribution >= 0.6 is 0 Å². The molecule has 0 aliphatic rings. The number of hydrogen-bond donors (Lipinski definition) is 1. The lowest BCUT2D eigenvalue weighted by atomic mass is 10.1. The van der Waals surface area contributed by atoms with E-state index in [2.05, 4.69) is 15.3 Å². The molecule has 4 rings (SSSR count). The van der Waals surface area contributed by atoms with E-state index < -0.39 is 22.2 Å². The van der Waals surface area contributed by atoms with Crippen molar-refractivity contribution in [3.8, 4) is 5.75 Å². The summed E-state index contributed by atoms with van der Waals surface area (Å²) < 4.78 is 8.15. The van der Waals surface area contributed by atoms with Crippen molar-refractivity contribution in [2.45, 2.75) is 6.04 Å². The van der Waals surface area contributed by atoms with E-state index in [1.807, 2.05) is 19.2 Å². The highest BCUT2D eigenvalue weighted by Gasteiger charge is 2.28. The summed E-state index contributed by atoms with van der Waals surface area (Å²) in [6.45, 7) is 0. The molecule has 152 valence electrons. The number of nitro groups is 1. The van der Waals surface area contributed by atoms with Crippen molar-refractivity contribution in [1.29, 1.82) is 0 Å². The summed E-state index contributed by atoms with van der Waals surface area (Å²) in [6.07, 6.45) is 4.84. The molecule has 10 nitrogen and oxygen atoms in total. The second-order valence-electron chi connectivity index (χ2n) is 6.55. The van der Waals surface area contributed by atoms with E-state index in [0.717, 1.165) is 9.96 Å². The number of nitrogens with one attached hydrogen (secondary N) is 1. The van der Waals surface area contributed by atoms with Gasteiger partial charge in [-0.3, -0.25) is 19.3 Å². The third-order valence-electron chi connectivity index (χ3n) is 4.74. The average Bonchev–Trinajstić information content (AvgIpc) is 3.17. The topological polar surface area (TPSA) is 117 Å². The number of pyridine rings is 1. The van der Waals surface area contributed by atoms with Crippen LogP contribution in [0.15, 0.2) is 65.8 Å². The molecular weight excluding hydrogens is 388 g/mol. The van der Waals surface area contributed by atoms with Gasteiger partial charge in [-0.1, -0.05) is 18.2 Å². The summed E-state index contributed by atoms with van der Waals surface area (Å²) in [7, 11) is 3.39. The molecule has 0 spiro atoms. The second-order valence-corrected chi connectivity index (χ2v) is 6.55. The number of nitrogens with zero attached hydrogens (tertiary/aromatic N) is 5. The summed E-state index contributed by atoms with van der Waals surface area (Å²) >= 11 is 0. The Balaban J connectivity index is 1.88. The van der Waals surface area contributed by atoms with Gasteiger partial charge in [0.05, 0.1) is 12.0 Å². The minimum atomic E-state index is -0.763. The Kier molecular flexibility index (Phi) is 4.88. The fourth-order valence-electron chi connectivity index (χ4n) is 3.23. The smallest absolute Gasteiger partial charge is 0.376 e. The predicted molar refractivity (Wildman–Crippen MR) is 110 cm³/mol. The maximum absolute atomic E-state index is 12.7. The Morgan fingerprint density at radius 2 is 1.93 bits per heavy atom. The molecule has 0 saturated heterocycles. The zero-order valence-electron chi connectivity index (χ0n) is 16.2. The number of methoxy groups -OCH3 is 1. The highest BCUT2D eigenvalue weighted by Crippen LogP contribution is 2.29. The SMILES string of the molecule is COc1ccc(C(Nc2nc3ccccn3c(=O)c2[N+](=O)[O-])c2nccn2C)cc1. The Labute approximate surface area is 170 Å². The monoisotopic (exact) mass is 406 g/mol. The molecule has 0 bridgehead atoms. The molecule has 0 radical (unpaired) electrons. The van der Waals surface area contributed by atoms with Gasteiger partial charge >= 0.3 is 11.2 Å². The number of hydrogen-bond acceptors (Lipinski definition) is 7. The van der Waals surface area contributed by atoms with Crippen LogP contribution in [0, 0.1) is 10.1 Å². The van der Waals surface area contributed by atoms with Gasteiger partial charge in [0.15, 0.2) is 0 Å². The average molecular weight is 406 g/mol. The van der Waals surface area contributed by atoms with E-state index in [1.54, 1.807) is 54.4 Å². The lowest BCUT2D eigenvalue weighted by molar-refractivity contribution is -0.385. The predicted octanol–water partition coefficient (Wildman–Crippen LogP) is 2.55. The van der Waals surface area contributed by atoms with Crippen molar-refractivity contribution in [2.75, 3.05) is 12.4 Å². The van der Waals surface area contributed by atoms with Crippen LogP contribution in [0.4, 0.5) is 11.5 Å². The number of ether oxygens (including phenoxy) is 1. The van der Waals surface area contributed by atoms with Gasteiger partial charge in [0.2, 0.25) is 5.82 Å². The summed E-state index contributed by atoms with van der Waals surface area (Å²) in [4.78, 5) is 32.5. The fourth-order valence-corrected chi connectivity index (χ4v) is 3.23. The van der Waals surface area contributed by atoms with Crippen molar-refractivity contribution in [1.82, 2.24) is 18.9 Å². The first kappa shape index (κ1) is 19.1. The number of rotatable bonds is 6. The summed E-state index contributed by atoms with van der Waals surface area (Å²) in [6, 6.07) is 11.6. The molecule has 0 saturated carbocycles. The first-order chi connectivity index (χ1) is 14.5. The van der Waals surface area contributed by atoms with Crippen LogP contribution in [0.3, 0.4) is 0 Å². The van der Waals surface area contributed by atoms with E-state index in [1.165, 1.54) is 6.20 Å². The molecular formula is C20H18N6O4. The molecule has 30 heavy (non-hydrogen) atoms. The van der Waals surface area contributed by atoms with E-state index in [9.17, 15) is 14.9 Å². The normalized spacial score (nSPS) is 11.9. The van der Waals surface area contributed by atoms with Gasteiger partial charge < -0.3 is 14.6 Å². The van der Waals surface area contributed by atoms with Crippen molar-refractivity contribution >= 4 is 17.2 Å². The molecule has 0 aliphatic heterocycles. The van der Waals surface area contributed by atoms with Gasteiger partial charge in [-0.15, -0.1) is 0 Å². The third-order valence-corrected chi connectivity index (χ3v) is 4.74. The van der Waals surface area contributed by atoms with Crippen molar-refractivity contribution in [3.63, 3.8) is 0 Å². The Bertz CT molecular complexity index is 1280. The Hall–Kier alpha value is -4.21. The lowest BCUT2D eigenvalue weighted by Gasteiger charge is -2.20. The van der Waals surface area contributed by atoms with E-state index in [4.69, 9.17) is 4.74 Å². The zero-order valence-corrected chi connectivity index (χ0v) is 16.2. The standard InChI is InChI=1S/C20H18N6O4/c1-24-12-10-21-19(24)16(13-6-8-14(30-2)9-7-13)23-18-17(26(28)29)20(27)25-11-4-3-5-15(25)22-18/h3-12,16,23H,1-2H3. The third kappa shape index (κ3) is 3.34. The maximum atomic E-state index is 12.7. The van der Waals surface area contributed by atoms with Gasteiger partial charge in [0.1, 0.15) is 23.3 Å². The molecule has 10 heteroatoms. The Morgan fingerprint density at radius 3 is 2.57 bits per heavy atom. The first-order valence-electron chi connectivity index (χ1n) is 9.03. The lowest BCUT2D eigenvalue weighted by Crippen LogP contribution is -2.24. The molecule has 3 aromatic heterocycles. The van der Waals surface area contributed by atoms with Crippen LogP contribution in [0.1, 0.15) is 17.4 Å². The van der Waals surface area contributed by atoms with Gasteiger partial charge in [0, 0.05) is 25.6 Å². The molecule has 0 amide bonds. The van der Waals surface area contributed by atoms with E-state index >= 15 is 0 Å². The quantitative estimate of drug-likeness (QED) is 0.386. The van der Waals surface area contributed by atoms with Crippen LogP contribution in [0.25, 0.3) is 5.65 Å². The van der Waals surface area contributed by atoms with Gasteiger partial charge in [0.25, 0.3) is 0 Å². The zero-order chi connectivity index (χ0) is 21.3. The van der Waals surface area contributed by atoms with E-state index in [0.29, 0.717) is 17.2 Å². The highest BCUT2D eigenvalue weighted by atomic mass is 16.6. The number of imidazole rings is 1. The van der Waals surface area contributed by atoms with Crippen LogP contribution in [0.5, 0.6) is 5.75 Å². The molecule has 1 N–H and O–H groups in total. The highest BCUT2D eigenvalue weighted by molar-refractivity contribution is 5.61. The molecule has 3 heterocycles. The molecule has 1 aromatic carbocycles. The maximum Gasteiger partial charge on any atom is 0.376 e. The van der Waals surface area contributed by atoms with E-state index in [-0.39, 0.29) is 5.82 Å². The second kappa shape index (κ2) is 7.66. The van der Waals surface area contributed by atoms with Crippen LogP contribution < -0.4 is 15.6 Å². The minimum absolute atomic E-state index is 0.125. The van der Waals surface area contributed by atoms with Crippen molar-refractivity contribution in [2.24, 2.45) is 7.05 Å². The number of aromatic nitrogens is 4. The molecule has 0 fully saturated rings. The van der Waals surface area contributed by atoms with Crippen molar-refractivity contribution < 1.29 is 9.66 Å². The number of benzene rings is 1. The van der Waals surface area contributed by atoms with Crippen molar-refractivity contribution in [3.05, 3.63) is 92.9 Å². The van der Waals surface area contributed by atoms with Gasteiger partial charge in [-0.2, -0.15) is 0 Å². The molecule has 1 unspecified atom stereocenters. The summed E-state index contributed by atoms with van der Waals surface area (Å²) in [5.41, 5.74) is -0.328.